The first-order valence-corrected chi connectivity index (χ1v) is 5.99. The molecule has 0 radical (unpaired) electrons. The van der Waals surface area contributed by atoms with Crippen LogP contribution in [0.5, 0.6) is 0 Å². The fourth-order valence-corrected chi connectivity index (χ4v) is 1.04. The highest BCUT2D eigenvalue weighted by atomic mass is 16.5. The Hall–Kier alpha value is -1.57. The third kappa shape index (κ3) is 7.34. The number of carbonyl (C=O) groups excluding carboxylic acids is 1. The highest BCUT2D eigenvalue weighted by Crippen LogP contribution is 2.02. The SMILES string of the molecule is C=Cc1ccccc1.CCOC(=O)C(C)CC. The van der Waals surface area contributed by atoms with Crippen molar-refractivity contribution in [2.45, 2.75) is 27.2 Å². The fourth-order valence-electron chi connectivity index (χ4n) is 1.04. The number of hydrogen-bond donors (Lipinski definition) is 0. The molecule has 2 heteroatoms. The second kappa shape index (κ2) is 9.64. The molecule has 2 nitrogen and oxygen atoms in total. The van der Waals surface area contributed by atoms with Gasteiger partial charge in [0.25, 0.3) is 0 Å². The summed E-state index contributed by atoms with van der Waals surface area (Å²) in [7, 11) is 0. The monoisotopic (exact) mass is 234 g/mol. The summed E-state index contributed by atoms with van der Waals surface area (Å²) in [6.45, 7) is 9.79. The Morgan fingerprint density at radius 1 is 1.35 bits per heavy atom. The topological polar surface area (TPSA) is 26.3 Å². The molecule has 0 N–H and O–H groups in total. The molecule has 0 aliphatic rings. The van der Waals surface area contributed by atoms with E-state index in [1.165, 1.54) is 5.56 Å². The maximum absolute atomic E-state index is 10.8. The summed E-state index contributed by atoms with van der Waals surface area (Å²) >= 11 is 0. The molecule has 94 valence electrons. The van der Waals surface area contributed by atoms with Crippen molar-refractivity contribution in [1.82, 2.24) is 0 Å². The van der Waals surface area contributed by atoms with Gasteiger partial charge in [0.1, 0.15) is 0 Å². The molecule has 0 bridgehead atoms. The third-order valence-electron chi connectivity index (χ3n) is 2.34. The van der Waals surface area contributed by atoms with E-state index in [0.29, 0.717) is 6.61 Å². The van der Waals surface area contributed by atoms with Crippen molar-refractivity contribution in [2.75, 3.05) is 6.61 Å². The number of benzene rings is 1. The maximum Gasteiger partial charge on any atom is 0.308 e. The number of hydrogen-bond acceptors (Lipinski definition) is 2. The van der Waals surface area contributed by atoms with E-state index < -0.39 is 0 Å². The smallest absolute Gasteiger partial charge is 0.308 e. The van der Waals surface area contributed by atoms with Crippen LogP contribution in [-0.4, -0.2) is 12.6 Å². The van der Waals surface area contributed by atoms with Crippen LogP contribution in [0.2, 0.25) is 0 Å². The molecule has 1 atom stereocenters. The first-order chi connectivity index (χ1) is 8.15. The minimum absolute atomic E-state index is 0.0601. The van der Waals surface area contributed by atoms with Gasteiger partial charge in [0, 0.05) is 0 Å². The number of rotatable bonds is 4. The molecule has 1 unspecified atom stereocenters. The summed E-state index contributed by atoms with van der Waals surface area (Å²) in [5.74, 6) is -0.0232. The molecule has 0 spiro atoms. The summed E-state index contributed by atoms with van der Waals surface area (Å²) in [6.07, 6.45) is 2.69. The molecular formula is C15H22O2. The van der Waals surface area contributed by atoms with Crippen LogP contribution < -0.4 is 0 Å². The Bertz CT molecular complexity index is 317. The van der Waals surface area contributed by atoms with E-state index in [1.807, 2.05) is 57.2 Å². The molecule has 17 heavy (non-hydrogen) atoms. The van der Waals surface area contributed by atoms with E-state index in [4.69, 9.17) is 4.74 Å². The lowest BCUT2D eigenvalue weighted by molar-refractivity contribution is -0.147. The molecule has 0 aromatic heterocycles. The lowest BCUT2D eigenvalue weighted by Crippen LogP contribution is -2.13. The van der Waals surface area contributed by atoms with Gasteiger partial charge in [0.15, 0.2) is 0 Å². The average molecular weight is 234 g/mol. The summed E-state index contributed by atoms with van der Waals surface area (Å²) in [5, 5.41) is 0. The van der Waals surface area contributed by atoms with Gasteiger partial charge in [0.2, 0.25) is 0 Å². The molecule has 0 aliphatic heterocycles. The van der Waals surface area contributed by atoms with Gasteiger partial charge >= 0.3 is 5.97 Å². The van der Waals surface area contributed by atoms with Crippen LogP contribution >= 0.6 is 0 Å². The third-order valence-corrected chi connectivity index (χ3v) is 2.34. The lowest BCUT2D eigenvalue weighted by Gasteiger charge is -2.05. The number of esters is 1. The van der Waals surface area contributed by atoms with E-state index in [0.717, 1.165) is 6.42 Å². The molecule has 1 rings (SSSR count). The van der Waals surface area contributed by atoms with Gasteiger partial charge in [-0.05, 0) is 18.9 Å². The zero-order valence-electron chi connectivity index (χ0n) is 11.0. The number of carbonyl (C=O) groups is 1. The Kier molecular flexibility index (Phi) is 8.75. The van der Waals surface area contributed by atoms with Crippen molar-refractivity contribution in [3.8, 4) is 0 Å². The standard InChI is InChI=1S/C8H8.C7H14O2/c1-2-8-6-4-3-5-7-8;1-4-6(3)7(8)9-5-2/h2-7H,1H2;6H,4-5H2,1-3H3. The molecule has 0 fully saturated rings. The average Bonchev–Trinajstić information content (AvgIpc) is 2.39. The van der Waals surface area contributed by atoms with E-state index >= 15 is 0 Å². The highest BCUT2D eigenvalue weighted by molar-refractivity contribution is 5.71. The number of ether oxygens (including phenoxy) is 1. The summed E-state index contributed by atoms with van der Waals surface area (Å²) < 4.78 is 4.76. The van der Waals surface area contributed by atoms with Crippen LogP contribution in [0.3, 0.4) is 0 Å². The van der Waals surface area contributed by atoms with Crippen LogP contribution in [0, 0.1) is 5.92 Å². The Morgan fingerprint density at radius 3 is 2.29 bits per heavy atom. The normalized spacial score (nSPS) is 10.8. The Labute approximate surface area is 104 Å². The summed E-state index contributed by atoms with van der Waals surface area (Å²) in [4.78, 5) is 10.8. The molecule has 0 aliphatic carbocycles. The second-order valence-electron chi connectivity index (χ2n) is 3.68. The lowest BCUT2D eigenvalue weighted by atomic mass is 10.1. The quantitative estimate of drug-likeness (QED) is 0.738. The van der Waals surface area contributed by atoms with Crippen LogP contribution in [0.25, 0.3) is 6.08 Å². The summed E-state index contributed by atoms with van der Waals surface area (Å²) in [5.41, 5.74) is 1.17. The van der Waals surface area contributed by atoms with Crippen molar-refractivity contribution in [3.63, 3.8) is 0 Å². The zero-order chi connectivity index (χ0) is 13.1. The van der Waals surface area contributed by atoms with Crippen molar-refractivity contribution in [3.05, 3.63) is 42.5 Å². The minimum Gasteiger partial charge on any atom is -0.466 e. The van der Waals surface area contributed by atoms with E-state index in [9.17, 15) is 4.79 Å². The fraction of sp³-hybridized carbons (Fsp3) is 0.400. The van der Waals surface area contributed by atoms with Crippen molar-refractivity contribution >= 4 is 12.0 Å². The van der Waals surface area contributed by atoms with Crippen LogP contribution in [-0.2, 0) is 9.53 Å². The summed E-state index contributed by atoms with van der Waals surface area (Å²) in [6, 6.07) is 10.0. The van der Waals surface area contributed by atoms with E-state index in [1.54, 1.807) is 0 Å². The van der Waals surface area contributed by atoms with Gasteiger partial charge in [-0.25, -0.2) is 0 Å². The van der Waals surface area contributed by atoms with Crippen molar-refractivity contribution < 1.29 is 9.53 Å². The first kappa shape index (κ1) is 15.4. The van der Waals surface area contributed by atoms with Gasteiger partial charge in [-0.15, -0.1) is 0 Å². The van der Waals surface area contributed by atoms with Gasteiger partial charge in [-0.1, -0.05) is 56.8 Å². The Morgan fingerprint density at radius 2 is 1.94 bits per heavy atom. The van der Waals surface area contributed by atoms with Crippen molar-refractivity contribution in [2.24, 2.45) is 5.92 Å². The van der Waals surface area contributed by atoms with E-state index in [-0.39, 0.29) is 11.9 Å². The van der Waals surface area contributed by atoms with Crippen LogP contribution in [0.4, 0.5) is 0 Å². The predicted octanol–water partition coefficient (Wildman–Crippen LogP) is 3.93. The molecule has 0 heterocycles. The zero-order valence-corrected chi connectivity index (χ0v) is 11.0. The molecule has 1 aromatic rings. The van der Waals surface area contributed by atoms with Crippen LogP contribution in [0.15, 0.2) is 36.9 Å². The molecule has 0 amide bonds. The van der Waals surface area contributed by atoms with Crippen molar-refractivity contribution in [1.29, 1.82) is 0 Å². The molecule has 0 saturated heterocycles. The van der Waals surface area contributed by atoms with Gasteiger partial charge < -0.3 is 4.74 Å². The predicted molar refractivity (Wildman–Crippen MR) is 72.6 cm³/mol. The maximum atomic E-state index is 10.8. The molecular weight excluding hydrogens is 212 g/mol. The largest absolute Gasteiger partial charge is 0.466 e. The van der Waals surface area contributed by atoms with Gasteiger partial charge in [-0.2, -0.15) is 0 Å². The second-order valence-corrected chi connectivity index (χ2v) is 3.68. The highest BCUT2D eigenvalue weighted by Gasteiger charge is 2.09. The van der Waals surface area contributed by atoms with E-state index in [2.05, 4.69) is 6.58 Å². The molecule has 1 aromatic carbocycles. The van der Waals surface area contributed by atoms with Crippen LogP contribution in [0.1, 0.15) is 32.8 Å². The van der Waals surface area contributed by atoms with Gasteiger partial charge in [0.05, 0.1) is 12.5 Å². The molecule has 0 saturated carbocycles. The minimum atomic E-state index is -0.0833. The van der Waals surface area contributed by atoms with Gasteiger partial charge in [-0.3, -0.25) is 4.79 Å². The Balaban J connectivity index is 0.000000302. The first-order valence-electron chi connectivity index (χ1n) is 5.99.